The van der Waals surface area contributed by atoms with Crippen molar-refractivity contribution in [2.24, 2.45) is 11.8 Å². The Balaban J connectivity index is 2.10. The van der Waals surface area contributed by atoms with Crippen LogP contribution in [0.1, 0.15) is 43.5 Å². The van der Waals surface area contributed by atoms with Gasteiger partial charge in [-0.3, -0.25) is 4.79 Å². The summed E-state index contributed by atoms with van der Waals surface area (Å²) in [6.45, 7) is 4.63. The van der Waals surface area contributed by atoms with Gasteiger partial charge in [-0.05, 0) is 49.3 Å². The molecule has 20 heavy (non-hydrogen) atoms. The van der Waals surface area contributed by atoms with E-state index in [-0.39, 0.29) is 5.91 Å². The molecule has 1 saturated carbocycles. The van der Waals surface area contributed by atoms with E-state index in [4.69, 9.17) is 5.73 Å². The van der Waals surface area contributed by atoms with Crippen LogP contribution in [0.5, 0.6) is 0 Å². The average Bonchev–Trinajstić information content (AvgIpc) is 2.44. The lowest BCUT2D eigenvalue weighted by atomic mass is 9.79. The molecular weight excluding hydrogens is 250 g/mol. The minimum Gasteiger partial charge on any atom is -0.397 e. The maximum atomic E-state index is 11.7. The van der Waals surface area contributed by atoms with E-state index in [0.29, 0.717) is 17.3 Å². The molecule has 3 atom stereocenters. The molecule has 1 aliphatic rings. The first-order chi connectivity index (χ1) is 9.51. The molecule has 1 fully saturated rings. The topological polar surface area (TPSA) is 67.2 Å². The van der Waals surface area contributed by atoms with Crippen molar-refractivity contribution >= 4 is 17.3 Å². The highest BCUT2D eigenvalue weighted by atomic mass is 16.1. The smallest absolute Gasteiger partial charge is 0.251 e. The number of carbonyl (C=O) groups excluding carboxylic acids is 1. The molecule has 0 aliphatic heterocycles. The zero-order valence-corrected chi connectivity index (χ0v) is 12.6. The largest absolute Gasteiger partial charge is 0.397 e. The molecule has 4 heteroatoms. The highest BCUT2D eigenvalue weighted by molar-refractivity contribution is 5.96. The summed E-state index contributed by atoms with van der Waals surface area (Å²) in [6.07, 6.45) is 3.56. The molecule has 0 aromatic heterocycles. The molecule has 2 rings (SSSR count). The molecule has 0 spiro atoms. The Labute approximate surface area is 121 Å². The number of anilines is 2. The normalized spacial score (nSPS) is 26.1. The van der Waals surface area contributed by atoms with Crippen molar-refractivity contribution in [1.82, 2.24) is 5.32 Å². The van der Waals surface area contributed by atoms with E-state index in [1.807, 2.05) is 6.07 Å². The van der Waals surface area contributed by atoms with Gasteiger partial charge in [-0.2, -0.15) is 0 Å². The van der Waals surface area contributed by atoms with Crippen LogP contribution in [0.4, 0.5) is 11.4 Å². The number of benzene rings is 1. The van der Waals surface area contributed by atoms with Crippen LogP contribution in [-0.2, 0) is 0 Å². The molecule has 0 heterocycles. The molecule has 110 valence electrons. The summed E-state index contributed by atoms with van der Waals surface area (Å²) in [7, 11) is 1.63. The Hall–Kier alpha value is -1.71. The van der Waals surface area contributed by atoms with Gasteiger partial charge in [0.25, 0.3) is 5.91 Å². The standard InChI is InChI=1S/C16H25N3O/c1-10-4-6-13(8-11(10)2)19-15-9-12(16(20)18-3)5-7-14(15)17/h5,7,9-11,13,19H,4,6,8,17H2,1-3H3,(H,18,20). The molecule has 0 bridgehead atoms. The van der Waals surface area contributed by atoms with Gasteiger partial charge in [0.15, 0.2) is 0 Å². The zero-order chi connectivity index (χ0) is 14.7. The average molecular weight is 275 g/mol. The van der Waals surface area contributed by atoms with Crippen molar-refractivity contribution in [3.8, 4) is 0 Å². The maximum Gasteiger partial charge on any atom is 0.251 e. The number of amides is 1. The van der Waals surface area contributed by atoms with E-state index in [1.54, 1.807) is 19.2 Å². The van der Waals surface area contributed by atoms with E-state index in [9.17, 15) is 4.79 Å². The Bertz CT molecular complexity index is 487. The molecule has 4 nitrogen and oxygen atoms in total. The van der Waals surface area contributed by atoms with E-state index >= 15 is 0 Å². The highest BCUT2D eigenvalue weighted by Crippen LogP contribution is 2.32. The first-order valence-corrected chi connectivity index (χ1v) is 7.39. The Morgan fingerprint density at radius 2 is 2.00 bits per heavy atom. The van der Waals surface area contributed by atoms with Crippen LogP contribution >= 0.6 is 0 Å². The van der Waals surface area contributed by atoms with Gasteiger partial charge >= 0.3 is 0 Å². The number of carbonyl (C=O) groups is 1. The van der Waals surface area contributed by atoms with Gasteiger partial charge in [-0.15, -0.1) is 0 Å². The van der Waals surface area contributed by atoms with E-state index < -0.39 is 0 Å². The Kier molecular flexibility index (Phi) is 4.53. The minimum absolute atomic E-state index is 0.0846. The van der Waals surface area contributed by atoms with Crippen LogP contribution < -0.4 is 16.4 Å². The van der Waals surface area contributed by atoms with Crippen molar-refractivity contribution < 1.29 is 4.79 Å². The third kappa shape index (κ3) is 3.24. The fraction of sp³-hybridized carbons (Fsp3) is 0.562. The molecule has 0 saturated heterocycles. The van der Waals surface area contributed by atoms with Crippen LogP contribution in [0.2, 0.25) is 0 Å². The number of rotatable bonds is 3. The molecule has 3 unspecified atom stereocenters. The number of hydrogen-bond donors (Lipinski definition) is 3. The third-order valence-corrected chi connectivity index (χ3v) is 4.50. The summed E-state index contributed by atoms with van der Waals surface area (Å²) in [5.74, 6) is 1.44. The van der Waals surface area contributed by atoms with Crippen LogP contribution in [0.15, 0.2) is 18.2 Å². The highest BCUT2D eigenvalue weighted by Gasteiger charge is 2.24. The molecule has 1 amide bonds. The number of nitrogens with one attached hydrogen (secondary N) is 2. The number of nitrogens with two attached hydrogens (primary N) is 1. The summed E-state index contributed by atoms with van der Waals surface area (Å²) in [5.41, 5.74) is 8.23. The van der Waals surface area contributed by atoms with E-state index in [1.165, 1.54) is 6.42 Å². The van der Waals surface area contributed by atoms with Gasteiger partial charge < -0.3 is 16.4 Å². The quantitative estimate of drug-likeness (QED) is 0.743. The predicted octanol–water partition coefficient (Wildman–Crippen LogP) is 2.87. The van der Waals surface area contributed by atoms with Gasteiger partial charge in [0.05, 0.1) is 11.4 Å². The first kappa shape index (κ1) is 14.7. The second-order valence-electron chi connectivity index (χ2n) is 5.99. The van der Waals surface area contributed by atoms with Gasteiger partial charge in [0.2, 0.25) is 0 Å². The number of nitrogen functional groups attached to an aromatic ring is 1. The molecule has 1 aliphatic carbocycles. The Morgan fingerprint density at radius 1 is 1.25 bits per heavy atom. The molecule has 0 radical (unpaired) electrons. The zero-order valence-electron chi connectivity index (χ0n) is 12.6. The van der Waals surface area contributed by atoms with Crippen molar-refractivity contribution in [2.45, 2.75) is 39.2 Å². The van der Waals surface area contributed by atoms with Gasteiger partial charge in [-0.1, -0.05) is 13.8 Å². The SMILES string of the molecule is CNC(=O)c1ccc(N)c(NC2CCC(C)C(C)C2)c1. The van der Waals surface area contributed by atoms with Crippen LogP contribution in [0.25, 0.3) is 0 Å². The van der Waals surface area contributed by atoms with Gasteiger partial charge in [-0.25, -0.2) is 0 Å². The summed E-state index contributed by atoms with van der Waals surface area (Å²) in [5, 5.41) is 6.15. The van der Waals surface area contributed by atoms with Crippen molar-refractivity contribution in [3.05, 3.63) is 23.8 Å². The lowest BCUT2D eigenvalue weighted by molar-refractivity contribution is 0.0963. The van der Waals surface area contributed by atoms with Crippen LogP contribution in [0, 0.1) is 11.8 Å². The second-order valence-corrected chi connectivity index (χ2v) is 5.99. The monoisotopic (exact) mass is 275 g/mol. The first-order valence-electron chi connectivity index (χ1n) is 7.39. The van der Waals surface area contributed by atoms with Gasteiger partial charge in [0.1, 0.15) is 0 Å². The van der Waals surface area contributed by atoms with Gasteiger partial charge in [0, 0.05) is 18.7 Å². The molecule has 4 N–H and O–H groups in total. The summed E-state index contributed by atoms with van der Waals surface area (Å²) < 4.78 is 0. The second kappa shape index (κ2) is 6.16. The van der Waals surface area contributed by atoms with E-state index in [0.717, 1.165) is 30.4 Å². The summed E-state index contributed by atoms with van der Waals surface area (Å²) >= 11 is 0. The summed E-state index contributed by atoms with van der Waals surface area (Å²) in [6, 6.07) is 5.84. The van der Waals surface area contributed by atoms with Crippen LogP contribution in [0.3, 0.4) is 0 Å². The minimum atomic E-state index is -0.0846. The summed E-state index contributed by atoms with van der Waals surface area (Å²) in [4.78, 5) is 11.7. The molecule has 1 aromatic rings. The predicted molar refractivity (Wildman–Crippen MR) is 83.8 cm³/mol. The molecular formula is C16H25N3O. The maximum absolute atomic E-state index is 11.7. The lowest BCUT2D eigenvalue weighted by Crippen LogP contribution is -2.30. The Morgan fingerprint density at radius 3 is 2.65 bits per heavy atom. The van der Waals surface area contributed by atoms with Crippen molar-refractivity contribution in [3.63, 3.8) is 0 Å². The van der Waals surface area contributed by atoms with E-state index in [2.05, 4.69) is 24.5 Å². The third-order valence-electron chi connectivity index (χ3n) is 4.50. The van der Waals surface area contributed by atoms with Crippen molar-refractivity contribution in [2.75, 3.05) is 18.1 Å². The van der Waals surface area contributed by atoms with Crippen LogP contribution in [-0.4, -0.2) is 19.0 Å². The lowest BCUT2D eigenvalue weighted by Gasteiger charge is -2.33. The fourth-order valence-corrected chi connectivity index (χ4v) is 2.87. The molecule has 1 aromatic carbocycles. The van der Waals surface area contributed by atoms with Crippen molar-refractivity contribution in [1.29, 1.82) is 0 Å². The number of hydrogen-bond acceptors (Lipinski definition) is 3. The fourth-order valence-electron chi connectivity index (χ4n) is 2.87.